The van der Waals surface area contributed by atoms with Crippen LogP contribution in [0.3, 0.4) is 0 Å². The number of carbonyl (C=O) groups is 3. The van der Waals surface area contributed by atoms with Crippen molar-refractivity contribution >= 4 is 17.8 Å². The van der Waals surface area contributed by atoms with Crippen molar-refractivity contribution < 1.29 is 14.4 Å². The average molecular weight is 238 g/mol. The third kappa shape index (κ3) is 2.62. The minimum atomic E-state index is -0.768. The number of piperazine rings is 1. The zero-order chi connectivity index (χ0) is 12.4. The molecule has 2 fully saturated rings. The van der Waals surface area contributed by atoms with E-state index in [1.165, 1.54) is 6.20 Å². The Hall–Kier alpha value is -1.89. The monoisotopic (exact) mass is 238 g/mol. The fraction of sp³-hybridized carbons (Fsp3) is 0.500. The van der Waals surface area contributed by atoms with Gasteiger partial charge in [0.25, 0.3) is 11.8 Å². The van der Waals surface area contributed by atoms with Gasteiger partial charge in [0.15, 0.2) is 0 Å². The van der Waals surface area contributed by atoms with Crippen LogP contribution < -0.4 is 10.6 Å². The van der Waals surface area contributed by atoms with Gasteiger partial charge in [0.1, 0.15) is 5.57 Å². The van der Waals surface area contributed by atoms with Crippen molar-refractivity contribution in [3.05, 3.63) is 11.8 Å². The van der Waals surface area contributed by atoms with Gasteiger partial charge in [-0.3, -0.25) is 20.2 Å². The number of likely N-dealkylation sites (N-methyl/N-ethyl adjacent to an activating group) is 1. The molecule has 0 aromatic heterocycles. The third-order valence-corrected chi connectivity index (χ3v) is 2.79. The molecule has 0 radical (unpaired) electrons. The summed E-state index contributed by atoms with van der Waals surface area (Å²) in [5.41, 5.74) is -0.0193. The lowest BCUT2D eigenvalue weighted by atomic mass is 10.2. The second-order valence-corrected chi connectivity index (χ2v) is 4.12. The molecule has 2 heterocycles. The zero-order valence-corrected chi connectivity index (χ0v) is 9.52. The molecular weight excluding hydrogens is 224 g/mol. The molecule has 0 aliphatic carbocycles. The van der Waals surface area contributed by atoms with E-state index >= 15 is 0 Å². The van der Waals surface area contributed by atoms with Gasteiger partial charge in [0.05, 0.1) is 0 Å². The molecule has 7 nitrogen and oxygen atoms in total. The molecule has 2 aliphatic heterocycles. The second-order valence-electron chi connectivity index (χ2n) is 4.12. The highest BCUT2D eigenvalue weighted by Gasteiger charge is 2.28. The number of imide groups is 2. The Balaban J connectivity index is 2.07. The van der Waals surface area contributed by atoms with Gasteiger partial charge >= 0.3 is 6.03 Å². The van der Waals surface area contributed by atoms with Crippen LogP contribution in [-0.4, -0.2) is 60.9 Å². The molecular formula is C10H14N4O3. The van der Waals surface area contributed by atoms with Crippen molar-refractivity contribution in [2.24, 2.45) is 0 Å². The van der Waals surface area contributed by atoms with Crippen LogP contribution in [0.15, 0.2) is 11.8 Å². The highest BCUT2D eigenvalue weighted by Crippen LogP contribution is 2.06. The Morgan fingerprint density at radius 2 is 1.53 bits per heavy atom. The summed E-state index contributed by atoms with van der Waals surface area (Å²) < 4.78 is 0. The summed E-state index contributed by atoms with van der Waals surface area (Å²) in [7, 11) is 2.02. The van der Waals surface area contributed by atoms with Gasteiger partial charge < -0.3 is 9.80 Å². The van der Waals surface area contributed by atoms with Gasteiger partial charge in [-0.15, -0.1) is 0 Å². The van der Waals surface area contributed by atoms with Gasteiger partial charge in [0, 0.05) is 32.4 Å². The van der Waals surface area contributed by atoms with E-state index in [1.807, 2.05) is 22.6 Å². The molecule has 4 amide bonds. The van der Waals surface area contributed by atoms with Crippen LogP contribution in [0.4, 0.5) is 4.79 Å². The Morgan fingerprint density at radius 3 is 2.06 bits per heavy atom. The van der Waals surface area contributed by atoms with Gasteiger partial charge in [0.2, 0.25) is 0 Å². The maximum absolute atomic E-state index is 11.5. The van der Waals surface area contributed by atoms with E-state index in [2.05, 4.69) is 4.90 Å². The molecule has 2 rings (SSSR count). The van der Waals surface area contributed by atoms with Crippen molar-refractivity contribution in [2.45, 2.75) is 0 Å². The minimum absolute atomic E-state index is 0.0193. The lowest BCUT2D eigenvalue weighted by Gasteiger charge is -2.32. The van der Waals surface area contributed by atoms with Crippen LogP contribution in [0.25, 0.3) is 0 Å². The first kappa shape index (κ1) is 11.6. The Morgan fingerprint density at radius 1 is 1.00 bits per heavy atom. The number of urea groups is 1. The third-order valence-electron chi connectivity index (χ3n) is 2.79. The summed E-state index contributed by atoms with van der Waals surface area (Å²) in [6.07, 6.45) is 1.52. The molecule has 0 spiro atoms. The Labute approximate surface area is 98.4 Å². The maximum atomic E-state index is 11.5. The van der Waals surface area contributed by atoms with E-state index in [1.54, 1.807) is 0 Å². The van der Waals surface area contributed by atoms with Crippen LogP contribution in [0.5, 0.6) is 0 Å². The molecule has 0 saturated carbocycles. The molecule has 2 N–H and O–H groups in total. The lowest BCUT2D eigenvalue weighted by molar-refractivity contribution is -0.124. The molecule has 0 atom stereocenters. The van der Waals surface area contributed by atoms with Crippen molar-refractivity contribution in [1.82, 2.24) is 20.4 Å². The van der Waals surface area contributed by atoms with Gasteiger partial charge in [-0.05, 0) is 7.05 Å². The SMILES string of the molecule is CN1CCN(C=C2C(=O)NC(=O)NC2=O)CC1. The fourth-order valence-electron chi connectivity index (χ4n) is 1.73. The number of rotatable bonds is 1. The van der Waals surface area contributed by atoms with E-state index in [0.717, 1.165) is 26.2 Å². The number of carbonyl (C=O) groups excluding carboxylic acids is 3. The number of nitrogens with zero attached hydrogens (tertiary/aromatic N) is 2. The molecule has 0 unspecified atom stereocenters. The Kier molecular flexibility index (Phi) is 3.10. The summed E-state index contributed by atoms with van der Waals surface area (Å²) in [4.78, 5) is 37.8. The first-order chi connectivity index (χ1) is 8.06. The van der Waals surface area contributed by atoms with E-state index in [-0.39, 0.29) is 5.57 Å². The lowest BCUT2D eigenvalue weighted by Crippen LogP contribution is -2.52. The summed E-state index contributed by atoms with van der Waals surface area (Å²) in [6.45, 7) is 3.28. The predicted octanol–water partition coefficient (Wildman–Crippen LogP) is -1.52. The van der Waals surface area contributed by atoms with E-state index in [0.29, 0.717) is 0 Å². The largest absolute Gasteiger partial charge is 0.374 e. The first-order valence-electron chi connectivity index (χ1n) is 5.37. The number of nitrogens with one attached hydrogen (secondary N) is 2. The first-order valence-corrected chi connectivity index (χ1v) is 5.37. The zero-order valence-electron chi connectivity index (χ0n) is 9.52. The van der Waals surface area contributed by atoms with Crippen LogP contribution in [0, 0.1) is 0 Å². The molecule has 2 saturated heterocycles. The van der Waals surface area contributed by atoms with Crippen molar-refractivity contribution in [2.75, 3.05) is 33.2 Å². The maximum Gasteiger partial charge on any atom is 0.328 e. The van der Waals surface area contributed by atoms with Crippen LogP contribution in [0.1, 0.15) is 0 Å². The van der Waals surface area contributed by atoms with Gasteiger partial charge in [-0.2, -0.15) is 0 Å². The van der Waals surface area contributed by atoms with Crippen molar-refractivity contribution in [3.8, 4) is 0 Å². The molecule has 0 aromatic carbocycles. The molecule has 92 valence electrons. The molecule has 2 aliphatic rings. The second kappa shape index (κ2) is 4.54. The Bertz CT molecular complexity index is 374. The molecule has 7 heteroatoms. The standard InChI is InChI=1S/C10H14N4O3/c1-13-2-4-14(5-3-13)6-7-8(15)11-10(17)12-9(7)16/h6H,2-5H2,1H3,(H2,11,12,15,16,17). The molecule has 0 aromatic rings. The normalized spacial score (nSPS) is 22.3. The number of hydrogen-bond donors (Lipinski definition) is 2. The summed E-state index contributed by atoms with van der Waals surface area (Å²) in [5.74, 6) is -1.28. The number of hydrogen-bond acceptors (Lipinski definition) is 5. The molecule has 17 heavy (non-hydrogen) atoms. The van der Waals surface area contributed by atoms with Crippen molar-refractivity contribution in [3.63, 3.8) is 0 Å². The number of barbiturate groups is 1. The van der Waals surface area contributed by atoms with Crippen LogP contribution in [-0.2, 0) is 9.59 Å². The van der Waals surface area contributed by atoms with Gasteiger partial charge in [-0.25, -0.2) is 4.79 Å². The highest BCUT2D eigenvalue weighted by atomic mass is 16.2. The summed E-state index contributed by atoms with van der Waals surface area (Å²) >= 11 is 0. The molecule has 0 bridgehead atoms. The van der Waals surface area contributed by atoms with E-state index in [4.69, 9.17) is 0 Å². The summed E-state index contributed by atoms with van der Waals surface area (Å²) in [6, 6.07) is -0.768. The quantitative estimate of drug-likeness (QED) is 0.428. The van der Waals surface area contributed by atoms with Crippen LogP contribution in [0.2, 0.25) is 0 Å². The topological polar surface area (TPSA) is 81.8 Å². The summed E-state index contributed by atoms with van der Waals surface area (Å²) in [5, 5.41) is 4.09. The van der Waals surface area contributed by atoms with E-state index in [9.17, 15) is 14.4 Å². The van der Waals surface area contributed by atoms with Crippen LogP contribution >= 0.6 is 0 Å². The average Bonchev–Trinajstić information content (AvgIpc) is 2.26. The number of amides is 4. The minimum Gasteiger partial charge on any atom is -0.374 e. The van der Waals surface area contributed by atoms with Gasteiger partial charge in [-0.1, -0.05) is 0 Å². The van der Waals surface area contributed by atoms with Crippen molar-refractivity contribution in [1.29, 1.82) is 0 Å². The smallest absolute Gasteiger partial charge is 0.328 e. The fourth-order valence-corrected chi connectivity index (χ4v) is 1.73. The van der Waals surface area contributed by atoms with E-state index < -0.39 is 17.8 Å². The predicted molar refractivity (Wildman–Crippen MR) is 58.8 cm³/mol. The highest BCUT2D eigenvalue weighted by molar-refractivity contribution is 6.28.